The number of para-hydroxylation sites is 1. The van der Waals surface area contributed by atoms with Crippen LogP contribution in [0.4, 0.5) is 0 Å². The predicted octanol–water partition coefficient (Wildman–Crippen LogP) is 12.5. The van der Waals surface area contributed by atoms with Crippen molar-refractivity contribution in [3.8, 4) is 39.1 Å². The van der Waals surface area contributed by atoms with Crippen LogP contribution >= 0.6 is 0 Å². The summed E-state index contributed by atoms with van der Waals surface area (Å²) in [4.78, 5) is 0. The van der Waals surface area contributed by atoms with Crippen molar-refractivity contribution in [1.82, 2.24) is 4.57 Å². The van der Waals surface area contributed by atoms with E-state index in [0.29, 0.717) is 0 Å². The molecule has 8 aromatic rings. The summed E-state index contributed by atoms with van der Waals surface area (Å²) in [5.74, 6) is 0. The highest BCUT2D eigenvalue weighted by molar-refractivity contribution is 6.10. The minimum absolute atomic E-state index is 0.259. The molecular weight excluding hydrogens is 603 g/mol. The van der Waals surface area contributed by atoms with E-state index < -0.39 is 0 Å². The number of benzene rings is 7. The quantitative estimate of drug-likeness (QED) is 0.182. The van der Waals surface area contributed by atoms with Crippen LogP contribution in [0, 0.1) is 0 Å². The average Bonchev–Trinajstić information content (AvgIpc) is 3.80. The van der Waals surface area contributed by atoms with E-state index in [0.717, 1.165) is 12.8 Å². The van der Waals surface area contributed by atoms with E-state index >= 15 is 0 Å². The number of allylic oxidation sites excluding steroid dienone is 4. The molecule has 7 aromatic carbocycles. The number of aromatic nitrogens is 1. The fraction of sp³-hybridized carbons (Fsp3) is 0.0612. The van der Waals surface area contributed by atoms with Gasteiger partial charge in [0.15, 0.2) is 0 Å². The standard InChI is InChI=1S/C49H33N/c1-2-12-32(13-3-1)33-22-26-36(27-23-33)50-47-21-11-7-17-41(47)42-30-34(25-29-48(42)50)35-24-28-40-39-16-6-10-20-45(39)49(46(40)31-35)43-18-8-4-14-37(43)38-15-5-9-19-44(38)49/h1-9,11-19,21-31H,10,20H2. The molecule has 0 saturated carbocycles. The second-order valence-electron chi connectivity index (χ2n) is 13.9. The van der Waals surface area contributed by atoms with E-state index in [4.69, 9.17) is 0 Å². The Bertz CT molecular complexity index is 2690. The van der Waals surface area contributed by atoms with Crippen LogP contribution in [0.3, 0.4) is 0 Å². The largest absolute Gasteiger partial charge is 0.309 e. The Labute approximate surface area is 292 Å². The lowest BCUT2D eigenvalue weighted by atomic mass is 9.68. The Hall–Kier alpha value is -6.18. The van der Waals surface area contributed by atoms with Gasteiger partial charge in [-0.3, -0.25) is 0 Å². The Morgan fingerprint density at radius 3 is 1.86 bits per heavy atom. The minimum atomic E-state index is -0.259. The Balaban J connectivity index is 1.09. The minimum Gasteiger partial charge on any atom is -0.309 e. The number of hydrogen-bond donors (Lipinski definition) is 0. The highest BCUT2D eigenvalue weighted by atomic mass is 15.0. The summed E-state index contributed by atoms with van der Waals surface area (Å²) in [7, 11) is 0. The molecule has 0 aliphatic heterocycles. The van der Waals surface area contributed by atoms with Gasteiger partial charge in [0.05, 0.1) is 16.4 Å². The van der Waals surface area contributed by atoms with Crippen molar-refractivity contribution in [2.24, 2.45) is 0 Å². The summed E-state index contributed by atoms with van der Waals surface area (Å²) in [5, 5.41) is 2.55. The highest BCUT2D eigenvalue weighted by Gasteiger charge is 2.52. The van der Waals surface area contributed by atoms with E-state index in [1.54, 1.807) is 5.57 Å². The lowest BCUT2D eigenvalue weighted by Crippen LogP contribution is -2.27. The van der Waals surface area contributed by atoms with E-state index in [9.17, 15) is 0 Å². The third-order valence-corrected chi connectivity index (χ3v) is 11.5. The fourth-order valence-electron chi connectivity index (χ4n) is 9.45. The summed E-state index contributed by atoms with van der Waals surface area (Å²) >= 11 is 0. The van der Waals surface area contributed by atoms with E-state index in [1.807, 2.05) is 0 Å². The van der Waals surface area contributed by atoms with Crippen molar-refractivity contribution in [3.63, 3.8) is 0 Å². The van der Waals surface area contributed by atoms with Crippen LogP contribution in [0.1, 0.15) is 35.1 Å². The lowest BCUT2D eigenvalue weighted by molar-refractivity contribution is 0.714. The summed E-state index contributed by atoms with van der Waals surface area (Å²) < 4.78 is 2.41. The van der Waals surface area contributed by atoms with Gasteiger partial charge in [0, 0.05) is 16.5 Å². The fourth-order valence-corrected chi connectivity index (χ4v) is 9.45. The summed E-state index contributed by atoms with van der Waals surface area (Å²) in [6.07, 6.45) is 6.92. The van der Waals surface area contributed by atoms with Gasteiger partial charge in [-0.1, -0.05) is 140 Å². The molecule has 0 saturated heterocycles. The molecule has 50 heavy (non-hydrogen) atoms. The molecule has 0 amide bonds. The highest BCUT2D eigenvalue weighted by Crippen LogP contribution is 2.63. The zero-order chi connectivity index (χ0) is 32.8. The normalized spacial score (nSPS) is 15.0. The maximum absolute atomic E-state index is 2.52. The molecule has 0 unspecified atom stereocenters. The van der Waals surface area contributed by atoms with Gasteiger partial charge in [0.25, 0.3) is 0 Å². The summed E-state index contributed by atoms with van der Waals surface area (Å²) in [6, 6.07) is 61.0. The topological polar surface area (TPSA) is 4.93 Å². The third-order valence-electron chi connectivity index (χ3n) is 11.5. The lowest BCUT2D eigenvalue weighted by Gasteiger charge is -2.33. The van der Waals surface area contributed by atoms with Gasteiger partial charge in [-0.05, 0) is 116 Å². The molecule has 1 aromatic heterocycles. The zero-order valence-corrected chi connectivity index (χ0v) is 27.6. The predicted molar refractivity (Wildman–Crippen MR) is 209 cm³/mol. The first-order chi connectivity index (χ1) is 24.8. The number of hydrogen-bond acceptors (Lipinski definition) is 0. The first-order valence-electron chi connectivity index (χ1n) is 17.7. The van der Waals surface area contributed by atoms with Gasteiger partial charge in [-0.15, -0.1) is 0 Å². The molecule has 0 radical (unpaired) electrons. The van der Waals surface area contributed by atoms with E-state index in [2.05, 4.69) is 181 Å². The summed E-state index contributed by atoms with van der Waals surface area (Å²) in [5.41, 5.74) is 19.7. The van der Waals surface area contributed by atoms with Gasteiger partial charge in [0.1, 0.15) is 0 Å². The van der Waals surface area contributed by atoms with Crippen molar-refractivity contribution >= 4 is 27.4 Å². The van der Waals surface area contributed by atoms with Gasteiger partial charge in [-0.25, -0.2) is 0 Å². The molecule has 1 heteroatoms. The van der Waals surface area contributed by atoms with Crippen LogP contribution in [0.25, 0.3) is 66.4 Å². The molecular formula is C49H33N. The number of nitrogens with zero attached hydrogens (tertiary/aromatic N) is 1. The summed E-state index contributed by atoms with van der Waals surface area (Å²) in [6.45, 7) is 0. The second-order valence-corrected chi connectivity index (χ2v) is 13.9. The van der Waals surface area contributed by atoms with Crippen LogP contribution in [-0.2, 0) is 5.41 Å². The first kappa shape index (κ1) is 27.7. The van der Waals surface area contributed by atoms with Crippen LogP contribution in [0.15, 0.2) is 182 Å². The number of fused-ring (bicyclic) bond motifs is 12. The van der Waals surface area contributed by atoms with Crippen molar-refractivity contribution in [2.75, 3.05) is 0 Å². The monoisotopic (exact) mass is 635 g/mol. The van der Waals surface area contributed by atoms with Crippen LogP contribution in [0.2, 0.25) is 0 Å². The first-order valence-corrected chi connectivity index (χ1v) is 17.7. The maximum Gasteiger partial charge on any atom is 0.0688 e. The Morgan fingerprint density at radius 1 is 0.440 bits per heavy atom. The average molecular weight is 636 g/mol. The SMILES string of the molecule is C1=CC2=C(CC1)C1(c3cc(-c4ccc5c(c4)c4ccccc4n5-c4ccc(-c5ccccc5)cc4)ccc32)c2ccccc2-c2ccccc21. The molecule has 1 spiro atoms. The van der Waals surface area contributed by atoms with Crippen molar-refractivity contribution in [1.29, 1.82) is 0 Å². The maximum atomic E-state index is 2.52. The molecule has 0 bridgehead atoms. The van der Waals surface area contributed by atoms with Crippen molar-refractivity contribution in [2.45, 2.75) is 18.3 Å². The van der Waals surface area contributed by atoms with E-state index in [1.165, 1.54) is 88.7 Å². The smallest absolute Gasteiger partial charge is 0.0688 e. The van der Waals surface area contributed by atoms with E-state index in [-0.39, 0.29) is 5.41 Å². The molecule has 0 N–H and O–H groups in total. The van der Waals surface area contributed by atoms with Gasteiger partial charge in [0.2, 0.25) is 0 Å². The molecule has 3 aliphatic carbocycles. The Kier molecular flexibility index (Phi) is 5.77. The van der Waals surface area contributed by atoms with Gasteiger partial charge in [-0.2, -0.15) is 0 Å². The van der Waals surface area contributed by atoms with Crippen LogP contribution < -0.4 is 0 Å². The molecule has 0 fully saturated rings. The van der Waals surface area contributed by atoms with Crippen LogP contribution in [0.5, 0.6) is 0 Å². The van der Waals surface area contributed by atoms with Crippen molar-refractivity contribution in [3.05, 3.63) is 204 Å². The molecule has 0 atom stereocenters. The zero-order valence-electron chi connectivity index (χ0n) is 27.6. The van der Waals surface area contributed by atoms with Gasteiger partial charge < -0.3 is 4.57 Å². The molecule has 1 nitrogen and oxygen atoms in total. The molecule has 3 aliphatic rings. The number of rotatable bonds is 3. The van der Waals surface area contributed by atoms with Gasteiger partial charge >= 0.3 is 0 Å². The molecule has 1 heterocycles. The third kappa shape index (κ3) is 3.67. The van der Waals surface area contributed by atoms with Crippen molar-refractivity contribution < 1.29 is 0 Å². The Morgan fingerprint density at radius 2 is 1.06 bits per heavy atom. The molecule has 234 valence electrons. The van der Waals surface area contributed by atoms with Crippen LogP contribution in [-0.4, -0.2) is 4.57 Å². The molecule has 11 rings (SSSR count). The second kappa shape index (κ2) is 10.4.